The van der Waals surface area contributed by atoms with Gasteiger partial charge in [-0.1, -0.05) is 11.8 Å². The molecule has 4 nitrogen and oxygen atoms in total. The highest BCUT2D eigenvalue weighted by Gasteiger charge is 2.07. The van der Waals surface area contributed by atoms with Crippen molar-refractivity contribution in [3.05, 3.63) is 29.6 Å². The van der Waals surface area contributed by atoms with E-state index in [1.54, 1.807) is 26.4 Å². The van der Waals surface area contributed by atoms with Crippen LogP contribution in [0.4, 0.5) is 0 Å². The fourth-order valence-electron chi connectivity index (χ4n) is 1.10. The zero-order valence-corrected chi connectivity index (χ0v) is 9.40. The highest BCUT2D eigenvalue weighted by Crippen LogP contribution is 2.03. The van der Waals surface area contributed by atoms with Crippen molar-refractivity contribution in [3.63, 3.8) is 0 Å². The Bertz CT molecular complexity index is 430. The molecule has 0 aromatic carbocycles. The zero-order chi connectivity index (χ0) is 12.0. The van der Waals surface area contributed by atoms with Gasteiger partial charge >= 0.3 is 0 Å². The average Bonchev–Trinajstić information content (AvgIpc) is 2.29. The van der Waals surface area contributed by atoms with Crippen molar-refractivity contribution in [1.29, 1.82) is 0 Å². The van der Waals surface area contributed by atoms with Crippen LogP contribution in [0.2, 0.25) is 0 Å². The van der Waals surface area contributed by atoms with Gasteiger partial charge in [0.05, 0.1) is 12.2 Å². The summed E-state index contributed by atoms with van der Waals surface area (Å²) >= 11 is 0. The Morgan fingerprint density at radius 3 is 2.88 bits per heavy atom. The van der Waals surface area contributed by atoms with Gasteiger partial charge in [-0.2, -0.15) is 0 Å². The molecule has 0 bridgehead atoms. The first kappa shape index (κ1) is 12.2. The number of carbonyl (C=O) groups excluding carboxylic acids is 1. The summed E-state index contributed by atoms with van der Waals surface area (Å²) in [4.78, 5) is 17.1. The van der Waals surface area contributed by atoms with Gasteiger partial charge in [-0.25, -0.2) is 0 Å². The van der Waals surface area contributed by atoms with Crippen molar-refractivity contribution in [2.24, 2.45) is 0 Å². The zero-order valence-electron chi connectivity index (χ0n) is 9.40. The molecule has 0 aliphatic heterocycles. The Morgan fingerprint density at radius 2 is 2.25 bits per heavy atom. The van der Waals surface area contributed by atoms with E-state index >= 15 is 0 Å². The SMILES string of the molecule is CN(C)C(=O)c1cncc(C#CCCO)c1. The van der Waals surface area contributed by atoms with Crippen molar-refractivity contribution in [2.75, 3.05) is 20.7 Å². The quantitative estimate of drug-likeness (QED) is 0.736. The first-order chi connectivity index (χ1) is 7.65. The Kier molecular flexibility index (Phi) is 4.49. The number of amides is 1. The molecule has 4 heteroatoms. The Hall–Kier alpha value is -1.86. The van der Waals surface area contributed by atoms with Gasteiger partial charge in [-0.05, 0) is 6.07 Å². The summed E-state index contributed by atoms with van der Waals surface area (Å²) in [5, 5.41) is 8.58. The average molecular weight is 218 g/mol. The molecule has 0 radical (unpaired) electrons. The van der Waals surface area contributed by atoms with Gasteiger partial charge < -0.3 is 10.0 Å². The minimum atomic E-state index is -0.0988. The van der Waals surface area contributed by atoms with E-state index in [4.69, 9.17) is 5.11 Å². The van der Waals surface area contributed by atoms with Crippen LogP contribution in [0.15, 0.2) is 18.5 Å². The normalized spacial score (nSPS) is 9.19. The maximum absolute atomic E-state index is 11.6. The van der Waals surface area contributed by atoms with Gasteiger partial charge in [-0.15, -0.1) is 0 Å². The lowest BCUT2D eigenvalue weighted by molar-refractivity contribution is 0.0827. The Morgan fingerprint density at radius 1 is 1.50 bits per heavy atom. The van der Waals surface area contributed by atoms with Crippen LogP contribution < -0.4 is 0 Å². The molecule has 16 heavy (non-hydrogen) atoms. The summed E-state index contributed by atoms with van der Waals surface area (Å²) in [6.07, 6.45) is 3.53. The molecule has 0 aliphatic rings. The fraction of sp³-hybridized carbons (Fsp3) is 0.333. The summed E-state index contributed by atoms with van der Waals surface area (Å²) in [6.45, 7) is 0.0384. The van der Waals surface area contributed by atoms with E-state index < -0.39 is 0 Å². The molecule has 0 fully saturated rings. The second-order valence-corrected chi connectivity index (χ2v) is 3.44. The maximum Gasteiger partial charge on any atom is 0.254 e. The van der Waals surface area contributed by atoms with Crippen molar-refractivity contribution in [3.8, 4) is 11.8 Å². The van der Waals surface area contributed by atoms with E-state index in [2.05, 4.69) is 16.8 Å². The van der Waals surface area contributed by atoms with Crippen molar-refractivity contribution >= 4 is 5.91 Å². The lowest BCUT2D eigenvalue weighted by Gasteiger charge is -2.09. The van der Waals surface area contributed by atoms with Crippen LogP contribution in [-0.2, 0) is 0 Å². The fourth-order valence-corrected chi connectivity index (χ4v) is 1.10. The number of hydrogen-bond acceptors (Lipinski definition) is 3. The highest BCUT2D eigenvalue weighted by atomic mass is 16.2. The summed E-state index contributed by atoms with van der Waals surface area (Å²) in [5.41, 5.74) is 1.20. The second-order valence-electron chi connectivity index (χ2n) is 3.44. The Labute approximate surface area is 94.9 Å². The molecule has 84 valence electrons. The van der Waals surface area contributed by atoms with Crippen LogP contribution in [0.25, 0.3) is 0 Å². The highest BCUT2D eigenvalue weighted by molar-refractivity contribution is 5.93. The minimum Gasteiger partial charge on any atom is -0.395 e. The number of hydrogen-bond donors (Lipinski definition) is 1. The van der Waals surface area contributed by atoms with Gasteiger partial charge in [0, 0.05) is 38.5 Å². The summed E-state index contributed by atoms with van der Waals surface area (Å²) in [5.74, 6) is 5.52. The van der Waals surface area contributed by atoms with E-state index in [0.717, 1.165) is 0 Å². The second kappa shape index (κ2) is 5.89. The van der Waals surface area contributed by atoms with Crippen LogP contribution >= 0.6 is 0 Å². The summed E-state index contributed by atoms with van der Waals surface area (Å²) in [6, 6.07) is 1.69. The predicted octanol–water partition coefficient (Wildman–Crippen LogP) is 0.517. The molecule has 0 atom stereocenters. The number of aromatic nitrogens is 1. The number of pyridine rings is 1. The molecule has 1 aromatic heterocycles. The van der Waals surface area contributed by atoms with E-state index in [0.29, 0.717) is 17.5 Å². The lowest BCUT2D eigenvalue weighted by Crippen LogP contribution is -2.21. The van der Waals surface area contributed by atoms with Crippen LogP contribution in [0.3, 0.4) is 0 Å². The first-order valence-electron chi connectivity index (χ1n) is 4.91. The first-order valence-corrected chi connectivity index (χ1v) is 4.91. The topological polar surface area (TPSA) is 53.4 Å². The molecule has 0 unspecified atom stereocenters. The van der Waals surface area contributed by atoms with Gasteiger partial charge in [-0.3, -0.25) is 9.78 Å². The van der Waals surface area contributed by atoms with E-state index in [-0.39, 0.29) is 12.5 Å². The van der Waals surface area contributed by atoms with Crippen LogP contribution in [0, 0.1) is 11.8 Å². The monoisotopic (exact) mass is 218 g/mol. The predicted molar refractivity (Wildman–Crippen MR) is 60.8 cm³/mol. The van der Waals surface area contributed by atoms with Crippen LogP contribution in [0.1, 0.15) is 22.3 Å². The molecule has 1 N–H and O–H groups in total. The smallest absolute Gasteiger partial charge is 0.254 e. The molecule has 0 saturated heterocycles. The maximum atomic E-state index is 11.6. The molecular weight excluding hydrogens is 204 g/mol. The number of aliphatic hydroxyl groups excluding tert-OH is 1. The summed E-state index contributed by atoms with van der Waals surface area (Å²) in [7, 11) is 3.37. The standard InChI is InChI=1S/C12H14N2O2/c1-14(2)12(16)11-7-10(8-13-9-11)5-3-4-6-15/h7-9,15H,4,6H2,1-2H3. The van der Waals surface area contributed by atoms with E-state index in [1.165, 1.54) is 11.1 Å². The molecule has 1 rings (SSSR count). The van der Waals surface area contributed by atoms with Gasteiger partial charge in [0.25, 0.3) is 5.91 Å². The van der Waals surface area contributed by atoms with E-state index in [9.17, 15) is 4.79 Å². The molecule has 0 saturated carbocycles. The van der Waals surface area contributed by atoms with Crippen LogP contribution in [0.5, 0.6) is 0 Å². The van der Waals surface area contributed by atoms with Crippen molar-refractivity contribution < 1.29 is 9.90 Å². The molecule has 1 amide bonds. The van der Waals surface area contributed by atoms with Gasteiger partial charge in [0.2, 0.25) is 0 Å². The number of carbonyl (C=O) groups is 1. The number of aliphatic hydroxyl groups is 1. The lowest BCUT2D eigenvalue weighted by atomic mass is 10.2. The van der Waals surface area contributed by atoms with Crippen molar-refractivity contribution in [2.45, 2.75) is 6.42 Å². The molecule has 1 aromatic rings. The third-order valence-corrected chi connectivity index (χ3v) is 1.86. The minimum absolute atomic E-state index is 0.0384. The largest absolute Gasteiger partial charge is 0.395 e. The molecular formula is C12H14N2O2. The number of rotatable bonds is 2. The van der Waals surface area contributed by atoms with Gasteiger partial charge in [0.15, 0.2) is 0 Å². The number of nitrogens with zero attached hydrogens (tertiary/aromatic N) is 2. The van der Waals surface area contributed by atoms with Crippen LogP contribution in [-0.4, -0.2) is 41.6 Å². The summed E-state index contributed by atoms with van der Waals surface area (Å²) < 4.78 is 0. The van der Waals surface area contributed by atoms with E-state index in [1.807, 2.05) is 0 Å². The van der Waals surface area contributed by atoms with Gasteiger partial charge in [0.1, 0.15) is 0 Å². The molecule has 0 aliphatic carbocycles. The van der Waals surface area contributed by atoms with Crippen molar-refractivity contribution in [1.82, 2.24) is 9.88 Å². The molecule has 0 spiro atoms. The Balaban J connectivity index is 2.88. The third-order valence-electron chi connectivity index (χ3n) is 1.86. The third kappa shape index (κ3) is 3.37. The molecule has 1 heterocycles.